The van der Waals surface area contributed by atoms with E-state index in [9.17, 15) is 4.79 Å². The van der Waals surface area contributed by atoms with E-state index in [4.69, 9.17) is 14.2 Å². The predicted molar refractivity (Wildman–Crippen MR) is 84.1 cm³/mol. The number of thiazole rings is 1. The molecule has 120 valence electrons. The number of ether oxygens (including phenoxy) is 3. The number of hydrogen-bond donors (Lipinski definition) is 0. The van der Waals surface area contributed by atoms with Gasteiger partial charge in [-0.2, -0.15) is 0 Å². The molecule has 1 aromatic carbocycles. The minimum absolute atomic E-state index is 0.0121. The molecule has 1 amide bonds. The molecule has 6 nitrogen and oxygen atoms in total. The maximum atomic E-state index is 12.6. The normalized spacial score (nSPS) is 22.9. The van der Waals surface area contributed by atoms with Gasteiger partial charge in [0.2, 0.25) is 6.10 Å². The topological polar surface area (TPSA) is 60.9 Å². The lowest BCUT2D eigenvalue weighted by molar-refractivity contribution is -0.140. The number of amides is 1. The van der Waals surface area contributed by atoms with Crippen LogP contribution >= 0.6 is 11.3 Å². The zero-order valence-corrected chi connectivity index (χ0v) is 13.2. The highest BCUT2D eigenvalue weighted by Gasteiger charge is 2.35. The summed E-state index contributed by atoms with van der Waals surface area (Å²) in [7, 11) is 0. The Balaban J connectivity index is 1.37. The van der Waals surface area contributed by atoms with Crippen molar-refractivity contribution in [2.45, 2.75) is 18.6 Å². The Labute approximate surface area is 137 Å². The molecule has 2 aliphatic rings. The smallest absolute Gasteiger partial charge is 0.273 e. The number of carbonyl (C=O) groups excluding carboxylic acids is 1. The third-order valence-electron chi connectivity index (χ3n) is 3.92. The van der Waals surface area contributed by atoms with Crippen LogP contribution in [0.15, 0.2) is 35.8 Å². The van der Waals surface area contributed by atoms with E-state index in [0.29, 0.717) is 29.8 Å². The zero-order valence-electron chi connectivity index (χ0n) is 12.4. The molecular formula is C16H16N2O4S. The Bertz CT molecular complexity index is 691. The van der Waals surface area contributed by atoms with Gasteiger partial charge in [-0.3, -0.25) is 4.79 Å². The molecule has 4 rings (SSSR count). The second kappa shape index (κ2) is 6.08. The average molecular weight is 332 g/mol. The third-order valence-corrected chi connectivity index (χ3v) is 4.58. The summed E-state index contributed by atoms with van der Waals surface area (Å²) in [6.45, 7) is 1.46. The molecule has 7 heteroatoms. The summed E-state index contributed by atoms with van der Waals surface area (Å²) in [5.41, 5.74) is 0. The first-order valence-corrected chi connectivity index (χ1v) is 8.41. The molecule has 1 aromatic heterocycles. The van der Waals surface area contributed by atoms with Gasteiger partial charge in [0.1, 0.15) is 12.7 Å². The SMILES string of the molecule is O=C(C1COc2ccccc2O1)N1CCC(Oc2nccs2)C1. The lowest BCUT2D eigenvalue weighted by atomic mass is 10.2. The van der Waals surface area contributed by atoms with Crippen LogP contribution in [0.1, 0.15) is 6.42 Å². The van der Waals surface area contributed by atoms with Crippen molar-refractivity contribution in [2.24, 2.45) is 0 Å². The first-order chi connectivity index (χ1) is 11.3. The average Bonchev–Trinajstić information content (AvgIpc) is 3.26. The van der Waals surface area contributed by atoms with Gasteiger partial charge in [0.15, 0.2) is 11.5 Å². The van der Waals surface area contributed by atoms with Gasteiger partial charge in [0.25, 0.3) is 11.1 Å². The van der Waals surface area contributed by atoms with Crippen molar-refractivity contribution < 1.29 is 19.0 Å². The number of carbonyl (C=O) groups is 1. The third kappa shape index (κ3) is 2.96. The van der Waals surface area contributed by atoms with Crippen molar-refractivity contribution in [3.8, 4) is 16.7 Å². The van der Waals surface area contributed by atoms with Crippen molar-refractivity contribution >= 4 is 17.2 Å². The highest BCUT2D eigenvalue weighted by Crippen LogP contribution is 2.31. The first kappa shape index (κ1) is 14.3. The molecule has 1 saturated heterocycles. The van der Waals surface area contributed by atoms with Crippen molar-refractivity contribution in [1.82, 2.24) is 9.88 Å². The first-order valence-electron chi connectivity index (χ1n) is 7.53. The molecule has 1 fully saturated rings. The van der Waals surface area contributed by atoms with E-state index >= 15 is 0 Å². The van der Waals surface area contributed by atoms with Crippen molar-refractivity contribution in [3.63, 3.8) is 0 Å². The predicted octanol–water partition coefficient (Wildman–Crippen LogP) is 1.96. The molecule has 0 bridgehead atoms. The Morgan fingerprint density at radius 1 is 1.35 bits per heavy atom. The van der Waals surface area contributed by atoms with E-state index in [1.807, 2.05) is 29.6 Å². The van der Waals surface area contributed by atoms with Gasteiger partial charge in [0, 0.05) is 24.5 Å². The Kier molecular flexibility index (Phi) is 3.78. The Morgan fingerprint density at radius 2 is 2.22 bits per heavy atom. The molecule has 0 saturated carbocycles. The number of rotatable bonds is 3. The van der Waals surface area contributed by atoms with Gasteiger partial charge in [-0.1, -0.05) is 23.5 Å². The summed E-state index contributed by atoms with van der Waals surface area (Å²) in [6.07, 6.45) is 1.91. The monoisotopic (exact) mass is 332 g/mol. The van der Waals surface area contributed by atoms with Gasteiger partial charge in [0.05, 0.1) is 6.54 Å². The molecular weight excluding hydrogens is 316 g/mol. The molecule has 2 aromatic rings. The van der Waals surface area contributed by atoms with Crippen LogP contribution < -0.4 is 14.2 Å². The van der Waals surface area contributed by atoms with E-state index in [-0.39, 0.29) is 18.6 Å². The zero-order chi connectivity index (χ0) is 15.6. The van der Waals surface area contributed by atoms with Gasteiger partial charge in [-0.05, 0) is 12.1 Å². The van der Waals surface area contributed by atoms with Crippen LogP contribution in [-0.4, -0.2) is 47.7 Å². The number of para-hydroxylation sites is 2. The highest BCUT2D eigenvalue weighted by atomic mass is 32.1. The summed E-state index contributed by atoms with van der Waals surface area (Å²) >= 11 is 1.46. The van der Waals surface area contributed by atoms with Crippen LogP contribution in [0.3, 0.4) is 0 Å². The quantitative estimate of drug-likeness (QED) is 0.860. The maximum Gasteiger partial charge on any atom is 0.273 e. The number of nitrogens with zero attached hydrogens (tertiary/aromatic N) is 2. The number of aromatic nitrogens is 1. The number of hydrogen-bond acceptors (Lipinski definition) is 6. The van der Waals surface area contributed by atoms with Crippen LogP contribution in [0, 0.1) is 0 Å². The molecule has 0 radical (unpaired) electrons. The minimum Gasteiger partial charge on any atom is -0.485 e. The highest BCUT2D eigenvalue weighted by molar-refractivity contribution is 7.11. The van der Waals surface area contributed by atoms with E-state index in [1.165, 1.54) is 11.3 Å². The summed E-state index contributed by atoms with van der Waals surface area (Å²) in [4.78, 5) is 18.5. The molecule has 2 atom stereocenters. The standard InChI is InChI=1S/C16H16N2O4S/c19-15(14-10-20-12-3-1-2-4-13(12)22-14)18-7-5-11(9-18)21-16-17-6-8-23-16/h1-4,6,8,11,14H,5,7,9-10H2. The fraction of sp³-hybridized carbons (Fsp3) is 0.375. The molecule has 0 N–H and O–H groups in total. The molecule has 2 unspecified atom stereocenters. The lowest BCUT2D eigenvalue weighted by Gasteiger charge is -2.28. The summed E-state index contributed by atoms with van der Waals surface area (Å²) in [5.74, 6) is 1.25. The van der Waals surface area contributed by atoms with Crippen LogP contribution in [0.2, 0.25) is 0 Å². The Hall–Kier alpha value is -2.28. The molecule has 0 spiro atoms. The molecule has 3 heterocycles. The van der Waals surface area contributed by atoms with Gasteiger partial charge in [-0.15, -0.1) is 0 Å². The van der Waals surface area contributed by atoms with E-state index in [0.717, 1.165) is 6.42 Å². The van der Waals surface area contributed by atoms with Gasteiger partial charge in [-0.25, -0.2) is 4.98 Å². The van der Waals surface area contributed by atoms with E-state index in [1.54, 1.807) is 11.1 Å². The van der Waals surface area contributed by atoms with Crippen LogP contribution in [0.5, 0.6) is 16.7 Å². The maximum absolute atomic E-state index is 12.6. The second-order valence-corrected chi connectivity index (χ2v) is 6.33. The Morgan fingerprint density at radius 3 is 3.04 bits per heavy atom. The summed E-state index contributed by atoms with van der Waals surface area (Å²) < 4.78 is 17.2. The van der Waals surface area contributed by atoms with Crippen molar-refractivity contribution in [3.05, 3.63) is 35.8 Å². The fourth-order valence-electron chi connectivity index (χ4n) is 2.78. The van der Waals surface area contributed by atoms with Crippen molar-refractivity contribution in [1.29, 1.82) is 0 Å². The number of benzene rings is 1. The minimum atomic E-state index is -0.594. The van der Waals surface area contributed by atoms with Gasteiger partial charge < -0.3 is 19.1 Å². The largest absolute Gasteiger partial charge is 0.485 e. The van der Waals surface area contributed by atoms with E-state index < -0.39 is 6.10 Å². The fourth-order valence-corrected chi connectivity index (χ4v) is 3.33. The van der Waals surface area contributed by atoms with Crippen LogP contribution in [0.25, 0.3) is 0 Å². The number of likely N-dealkylation sites (tertiary alicyclic amines) is 1. The molecule has 23 heavy (non-hydrogen) atoms. The summed E-state index contributed by atoms with van der Waals surface area (Å²) in [5, 5.41) is 2.52. The van der Waals surface area contributed by atoms with Crippen LogP contribution in [-0.2, 0) is 4.79 Å². The van der Waals surface area contributed by atoms with Crippen molar-refractivity contribution in [2.75, 3.05) is 19.7 Å². The van der Waals surface area contributed by atoms with Gasteiger partial charge >= 0.3 is 0 Å². The lowest BCUT2D eigenvalue weighted by Crippen LogP contribution is -2.46. The van der Waals surface area contributed by atoms with Crippen LogP contribution in [0.4, 0.5) is 0 Å². The number of fused-ring (bicyclic) bond motifs is 1. The molecule has 0 aliphatic carbocycles. The van der Waals surface area contributed by atoms with E-state index in [2.05, 4.69) is 4.98 Å². The molecule has 2 aliphatic heterocycles. The summed E-state index contributed by atoms with van der Waals surface area (Å²) in [6, 6.07) is 7.39. The second-order valence-electron chi connectivity index (χ2n) is 5.48.